The summed E-state index contributed by atoms with van der Waals surface area (Å²) in [7, 11) is 4.05. The van der Waals surface area contributed by atoms with E-state index in [9.17, 15) is 4.79 Å². The molecule has 100 valence electrons. The number of nitrogens with zero attached hydrogens (tertiary/aromatic N) is 3. The molecule has 0 fully saturated rings. The highest BCUT2D eigenvalue weighted by Crippen LogP contribution is 2.11. The molecule has 1 aromatic heterocycles. The molecule has 0 atom stereocenters. The molecule has 0 aliphatic carbocycles. The first-order chi connectivity index (χ1) is 8.56. The first-order valence-corrected chi connectivity index (χ1v) is 6.20. The highest BCUT2D eigenvalue weighted by molar-refractivity contribution is 5.98. The molecule has 0 aliphatic heterocycles. The van der Waals surface area contributed by atoms with Gasteiger partial charge in [0.15, 0.2) is 0 Å². The Balaban J connectivity index is 2.65. The zero-order valence-corrected chi connectivity index (χ0v) is 11.4. The Bertz CT molecular complexity index is 392. The number of nitrogen functional groups attached to an aromatic ring is 1. The van der Waals surface area contributed by atoms with E-state index in [4.69, 9.17) is 5.73 Å². The molecule has 0 unspecified atom stereocenters. The number of rotatable bonds is 6. The molecule has 0 saturated carbocycles. The van der Waals surface area contributed by atoms with E-state index in [1.165, 1.54) is 0 Å². The molecule has 0 saturated heterocycles. The standard InChI is InChI=1S/C13H22N4O/c1-4-17(10-6-9-16(2)3)13(18)11-7-5-8-15-12(11)14/h5,7-8H,4,6,9-10H2,1-3H3,(H2,14,15). The average Bonchev–Trinajstić information content (AvgIpc) is 2.34. The number of hydrogen-bond acceptors (Lipinski definition) is 4. The van der Waals surface area contributed by atoms with Crippen LogP contribution in [-0.2, 0) is 0 Å². The molecule has 0 aliphatic rings. The SMILES string of the molecule is CCN(CCCN(C)C)C(=O)c1cccnc1N. The molecule has 0 spiro atoms. The fourth-order valence-corrected chi connectivity index (χ4v) is 1.75. The van der Waals surface area contributed by atoms with Crippen LogP contribution in [0.2, 0.25) is 0 Å². The lowest BCUT2D eigenvalue weighted by molar-refractivity contribution is 0.0760. The van der Waals surface area contributed by atoms with Crippen molar-refractivity contribution in [2.75, 3.05) is 39.5 Å². The van der Waals surface area contributed by atoms with Gasteiger partial charge in [-0.1, -0.05) is 0 Å². The van der Waals surface area contributed by atoms with Crippen molar-refractivity contribution in [1.29, 1.82) is 0 Å². The molecule has 0 bridgehead atoms. The van der Waals surface area contributed by atoms with Crippen molar-refractivity contribution >= 4 is 11.7 Å². The minimum Gasteiger partial charge on any atom is -0.383 e. The van der Waals surface area contributed by atoms with E-state index in [0.717, 1.165) is 19.5 Å². The van der Waals surface area contributed by atoms with Crippen LogP contribution in [0.25, 0.3) is 0 Å². The highest BCUT2D eigenvalue weighted by atomic mass is 16.2. The third-order valence-corrected chi connectivity index (χ3v) is 2.77. The van der Waals surface area contributed by atoms with Gasteiger partial charge in [0, 0.05) is 19.3 Å². The van der Waals surface area contributed by atoms with Gasteiger partial charge in [-0.3, -0.25) is 4.79 Å². The molecule has 1 rings (SSSR count). The van der Waals surface area contributed by atoms with E-state index in [0.29, 0.717) is 17.9 Å². The second-order valence-corrected chi connectivity index (χ2v) is 4.48. The second kappa shape index (κ2) is 6.96. The molecule has 0 aromatic carbocycles. The van der Waals surface area contributed by atoms with Gasteiger partial charge >= 0.3 is 0 Å². The van der Waals surface area contributed by atoms with Crippen molar-refractivity contribution in [2.45, 2.75) is 13.3 Å². The van der Waals surface area contributed by atoms with Crippen LogP contribution in [0.4, 0.5) is 5.82 Å². The number of amides is 1. The summed E-state index contributed by atoms with van der Waals surface area (Å²) >= 11 is 0. The maximum absolute atomic E-state index is 12.3. The van der Waals surface area contributed by atoms with Gasteiger partial charge in [-0.05, 0) is 46.1 Å². The second-order valence-electron chi connectivity index (χ2n) is 4.48. The Kier molecular flexibility index (Phi) is 5.58. The van der Waals surface area contributed by atoms with E-state index in [1.807, 2.05) is 21.0 Å². The van der Waals surface area contributed by atoms with Gasteiger partial charge in [0.05, 0.1) is 5.56 Å². The molecule has 5 nitrogen and oxygen atoms in total. The van der Waals surface area contributed by atoms with Crippen LogP contribution in [0.15, 0.2) is 18.3 Å². The van der Waals surface area contributed by atoms with Gasteiger partial charge in [-0.25, -0.2) is 4.98 Å². The Morgan fingerprint density at radius 1 is 1.39 bits per heavy atom. The number of anilines is 1. The Morgan fingerprint density at radius 2 is 2.11 bits per heavy atom. The van der Waals surface area contributed by atoms with Crippen LogP contribution in [0.5, 0.6) is 0 Å². The minimum absolute atomic E-state index is 0.0399. The van der Waals surface area contributed by atoms with Crippen LogP contribution in [0.3, 0.4) is 0 Å². The zero-order chi connectivity index (χ0) is 13.5. The first-order valence-electron chi connectivity index (χ1n) is 6.20. The van der Waals surface area contributed by atoms with E-state index in [1.54, 1.807) is 23.2 Å². The Morgan fingerprint density at radius 3 is 2.67 bits per heavy atom. The van der Waals surface area contributed by atoms with Crippen LogP contribution in [0.1, 0.15) is 23.7 Å². The van der Waals surface area contributed by atoms with Gasteiger partial charge in [0.1, 0.15) is 5.82 Å². The minimum atomic E-state index is -0.0399. The molecule has 0 radical (unpaired) electrons. The maximum Gasteiger partial charge on any atom is 0.257 e. The summed E-state index contributed by atoms with van der Waals surface area (Å²) in [5.41, 5.74) is 6.21. The third kappa shape index (κ3) is 4.00. The summed E-state index contributed by atoms with van der Waals surface area (Å²) in [6, 6.07) is 3.45. The lowest BCUT2D eigenvalue weighted by Crippen LogP contribution is -2.33. The highest BCUT2D eigenvalue weighted by Gasteiger charge is 2.16. The quantitative estimate of drug-likeness (QED) is 0.820. The summed E-state index contributed by atoms with van der Waals surface area (Å²) in [6.07, 6.45) is 2.54. The van der Waals surface area contributed by atoms with E-state index < -0.39 is 0 Å². The number of hydrogen-bond donors (Lipinski definition) is 1. The Labute approximate surface area is 109 Å². The number of pyridine rings is 1. The molecule has 1 heterocycles. The van der Waals surface area contributed by atoms with Gasteiger partial charge < -0.3 is 15.5 Å². The van der Waals surface area contributed by atoms with E-state index in [-0.39, 0.29) is 5.91 Å². The monoisotopic (exact) mass is 250 g/mol. The fraction of sp³-hybridized carbons (Fsp3) is 0.538. The summed E-state index contributed by atoms with van der Waals surface area (Å²) < 4.78 is 0. The Hall–Kier alpha value is -1.62. The first kappa shape index (κ1) is 14.4. The number of nitrogens with two attached hydrogens (primary N) is 1. The van der Waals surface area contributed by atoms with Crippen molar-refractivity contribution in [2.24, 2.45) is 0 Å². The predicted octanol–water partition coefficient (Wildman–Crippen LogP) is 1.08. The lowest BCUT2D eigenvalue weighted by atomic mass is 10.2. The van der Waals surface area contributed by atoms with Crippen LogP contribution in [-0.4, -0.2) is 54.4 Å². The van der Waals surface area contributed by atoms with Crippen molar-refractivity contribution in [3.63, 3.8) is 0 Å². The van der Waals surface area contributed by atoms with Crippen molar-refractivity contribution in [3.8, 4) is 0 Å². The maximum atomic E-state index is 12.3. The summed E-state index contributed by atoms with van der Waals surface area (Å²) in [4.78, 5) is 20.1. The molecule has 2 N–H and O–H groups in total. The van der Waals surface area contributed by atoms with E-state index in [2.05, 4.69) is 9.88 Å². The van der Waals surface area contributed by atoms with Crippen LogP contribution < -0.4 is 5.73 Å². The topological polar surface area (TPSA) is 62.5 Å². The summed E-state index contributed by atoms with van der Waals surface area (Å²) in [5, 5.41) is 0. The van der Waals surface area contributed by atoms with Crippen LogP contribution in [0, 0.1) is 0 Å². The van der Waals surface area contributed by atoms with E-state index >= 15 is 0 Å². The third-order valence-electron chi connectivity index (χ3n) is 2.77. The molecule has 5 heteroatoms. The molecular weight excluding hydrogens is 228 g/mol. The smallest absolute Gasteiger partial charge is 0.257 e. The number of carbonyl (C=O) groups is 1. The van der Waals surface area contributed by atoms with Gasteiger partial charge in [0.25, 0.3) is 5.91 Å². The largest absolute Gasteiger partial charge is 0.383 e. The van der Waals surface area contributed by atoms with Crippen molar-refractivity contribution in [1.82, 2.24) is 14.8 Å². The molecule has 18 heavy (non-hydrogen) atoms. The number of carbonyl (C=O) groups excluding carboxylic acids is 1. The normalized spacial score (nSPS) is 10.7. The van der Waals surface area contributed by atoms with Crippen molar-refractivity contribution < 1.29 is 4.79 Å². The zero-order valence-electron chi connectivity index (χ0n) is 11.4. The summed E-state index contributed by atoms with van der Waals surface area (Å²) in [6.45, 7) is 4.36. The van der Waals surface area contributed by atoms with Crippen molar-refractivity contribution in [3.05, 3.63) is 23.9 Å². The molecule has 1 amide bonds. The number of aromatic nitrogens is 1. The van der Waals surface area contributed by atoms with Gasteiger partial charge in [0.2, 0.25) is 0 Å². The van der Waals surface area contributed by atoms with Gasteiger partial charge in [-0.15, -0.1) is 0 Å². The van der Waals surface area contributed by atoms with Crippen LogP contribution >= 0.6 is 0 Å². The average molecular weight is 250 g/mol. The predicted molar refractivity (Wildman–Crippen MR) is 73.4 cm³/mol. The lowest BCUT2D eigenvalue weighted by Gasteiger charge is -2.22. The van der Waals surface area contributed by atoms with Gasteiger partial charge in [-0.2, -0.15) is 0 Å². The summed E-state index contributed by atoms with van der Waals surface area (Å²) in [5.74, 6) is 0.260. The molecule has 1 aromatic rings. The fourth-order valence-electron chi connectivity index (χ4n) is 1.75. The molecular formula is C13H22N4O.